The average Bonchev–Trinajstić information content (AvgIpc) is 2.98. The van der Waals surface area contributed by atoms with E-state index in [0.717, 1.165) is 16.9 Å². The van der Waals surface area contributed by atoms with Gasteiger partial charge in [0.2, 0.25) is 10.0 Å². The van der Waals surface area contributed by atoms with Crippen LogP contribution in [-0.2, 0) is 22.0 Å². The molecule has 8 nitrogen and oxygen atoms in total. The number of furan rings is 1. The normalized spacial score (nSPS) is 14.5. The lowest BCUT2D eigenvalue weighted by Gasteiger charge is -2.21. The fraction of sp³-hybridized carbons (Fsp3) is 0.450. The maximum atomic E-state index is 11.3. The highest BCUT2D eigenvalue weighted by Gasteiger charge is 2.27. The number of sulfonamides is 1. The molecule has 1 aromatic carbocycles. The van der Waals surface area contributed by atoms with Crippen LogP contribution in [0.3, 0.4) is 0 Å². The number of rotatable bonds is 8. The maximum absolute atomic E-state index is 11.3. The first-order valence-corrected chi connectivity index (χ1v) is 11.0. The quantitative estimate of drug-likeness (QED) is 0.377. The molecule has 0 aliphatic carbocycles. The molecule has 0 fully saturated rings. The first kappa shape index (κ1) is 22.9. The molecule has 0 aliphatic rings. The van der Waals surface area contributed by atoms with Crippen LogP contribution in [0.15, 0.2) is 44.6 Å². The second-order valence-corrected chi connectivity index (χ2v) is 8.72. The first-order valence-electron chi connectivity index (χ1n) is 9.46. The molecule has 0 saturated heterocycles. The van der Waals surface area contributed by atoms with Gasteiger partial charge in [-0.15, -0.1) is 0 Å². The van der Waals surface area contributed by atoms with Gasteiger partial charge in [0.05, 0.1) is 11.4 Å². The number of primary sulfonamides is 1. The summed E-state index contributed by atoms with van der Waals surface area (Å²) in [6, 6.07) is 8.30. The third-order valence-electron chi connectivity index (χ3n) is 4.47. The smallest absolute Gasteiger partial charge is 0.238 e. The summed E-state index contributed by atoms with van der Waals surface area (Å²) in [5, 5.41) is 22.3. The van der Waals surface area contributed by atoms with Crippen LogP contribution in [0.4, 0.5) is 0 Å². The van der Waals surface area contributed by atoms with Crippen LogP contribution in [0, 0.1) is 13.8 Å². The van der Waals surface area contributed by atoms with E-state index in [-0.39, 0.29) is 11.4 Å². The number of hydrogen-bond acceptors (Lipinski definition) is 5. The number of guanidine groups is 1. The molecule has 0 amide bonds. The van der Waals surface area contributed by atoms with E-state index in [0.29, 0.717) is 31.2 Å². The molecule has 9 heteroatoms. The van der Waals surface area contributed by atoms with Crippen molar-refractivity contribution in [2.45, 2.75) is 44.6 Å². The average molecular weight is 423 g/mol. The van der Waals surface area contributed by atoms with Crippen LogP contribution in [0.1, 0.15) is 36.5 Å². The molecule has 1 aromatic heterocycles. The molecule has 1 atom stereocenters. The van der Waals surface area contributed by atoms with Gasteiger partial charge in [-0.25, -0.2) is 18.5 Å². The Balaban J connectivity index is 1.98. The fourth-order valence-electron chi connectivity index (χ4n) is 3.00. The highest BCUT2D eigenvalue weighted by Crippen LogP contribution is 2.27. The minimum Gasteiger partial charge on any atom is -0.466 e. The van der Waals surface area contributed by atoms with Gasteiger partial charge in [-0.3, -0.25) is 0 Å². The van der Waals surface area contributed by atoms with Crippen molar-refractivity contribution in [1.29, 1.82) is 0 Å². The SMILES string of the molecule is CCNC(=NCC(C)(O)c1cc(C)oc1C)NCCc1ccc(S(N)(=O)=O)cc1. The van der Waals surface area contributed by atoms with Crippen molar-refractivity contribution in [1.82, 2.24) is 10.6 Å². The van der Waals surface area contributed by atoms with Crippen LogP contribution >= 0.6 is 0 Å². The zero-order chi connectivity index (χ0) is 21.7. The highest BCUT2D eigenvalue weighted by molar-refractivity contribution is 7.89. The van der Waals surface area contributed by atoms with Gasteiger partial charge in [0.15, 0.2) is 5.96 Å². The van der Waals surface area contributed by atoms with Crippen LogP contribution < -0.4 is 15.8 Å². The molecule has 29 heavy (non-hydrogen) atoms. The second kappa shape index (κ2) is 9.43. The lowest BCUT2D eigenvalue weighted by Crippen LogP contribution is -2.39. The fourth-order valence-corrected chi connectivity index (χ4v) is 3.51. The molecule has 0 aliphatic heterocycles. The topological polar surface area (TPSA) is 130 Å². The molecule has 0 bridgehead atoms. The Morgan fingerprint density at radius 1 is 1.24 bits per heavy atom. The van der Waals surface area contributed by atoms with Gasteiger partial charge in [-0.05, 0) is 57.9 Å². The third kappa shape index (κ3) is 6.59. The number of aliphatic imine (C=N–C) groups is 1. The van der Waals surface area contributed by atoms with Crippen molar-refractivity contribution in [2.24, 2.45) is 10.1 Å². The van der Waals surface area contributed by atoms with Crippen molar-refractivity contribution in [3.8, 4) is 0 Å². The summed E-state index contributed by atoms with van der Waals surface area (Å²) in [6.07, 6.45) is 0.672. The maximum Gasteiger partial charge on any atom is 0.238 e. The Kier molecular flexibility index (Phi) is 7.45. The van der Waals surface area contributed by atoms with Crippen LogP contribution in [-0.4, -0.2) is 39.1 Å². The Labute approximate surface area is 172 Å². The van der Waals surface area contributed by atoms with Crippen molar-refractivity contribution < 1.29 is 17.9 Å². The molecule has 0 radical (unpaired) electrons. The zero-order valence-corrected chi connectivity index (χ0v) is 18.1. The predicted molar refractivity (Wildman–Crippen MR) is 113 cm³/mol. The number of aryl methyl sites for hydroxylation is 2. The van der Waals surface area contributed by atoms with Crippen molar-refractivity contribution in [2.75, 3.05) is 19.6 Å². The van der Waals surface area contributed by atoms with Crippen LogP contribution in [0.25, 0.3) is 0 Å². The molecule has 0 spiro atoms. The standard InChI is InChI=1S/C20H30N4O4S/c1-5-22-19(24-13-20(4,25)18-12-14(2)28-15(18)3)23-11-10-16-6-8-17(9-7-16)29(21,26)27/h6-9,12,25H,5,10-11,13H2,1-4H3,(H2,21,26,27)(H2,22,23,24). The summed E-state index contributed by atoms with van der Waals surface area (Å²) in [4.78, 5) is 4.59. The van der Waals surface area contributed by atoms with E-state index >= 15 is 0 Å². The van der Waals surface area contributed by atoms with Crippen molar-refractivity contribution >= 4 is 16.0 Å². The summed E-state index contributed by atoms with van der Waals surface area (Å²) in [5.41, 5.74) is 0.551. The molecule has 1 heterocycles. The van der Waals surface area contributed by atoms with E-state index in [4.69, 9.17) is 9.56 Å². The molecule has 2 aromatic rings. The van der Waals surface area contributed by atoms with E-state index < -0.39 is 15.6 Å². The zero-order valence-electron chi connectivity index (χ0n) is 17.3. The van der Waals surface area contributed by atoms with Gasteiger partial charge >= 0.3 is 0 Å². The van der Waals surface area contributed by atoms with Gasteiger partial charge in [0.1, 0.15) is 17.1 Å². The van der Waals surface area contributed by atoms with E-state index in [1.807, 2.05) is 26.8 Å². The first-order chi connectivity index (χ1) is 13.5. The van der Waals surface area contributed by atoms with E-state index in [9.17, 15) is 13.5 Å². The van der Waals surface area contributed by atoms with E-state index in [2.05, 4.69) is 15.6 Å². The molecule has 1 unspecified atom stereocenters. The van der Waals surface area contributed by atoms with Crippen LogP contribution in [0.2, 0.25) is 0 Å². The molecule has 160 valence electrons. The Hall–Kier alpha value is -2.36. The Morgan fingerprint density at radius 2 is 1.90 bits per heavy atom. The highest BCUT2D eigenvalue weighted by atomic mass is 32.2. The Bertz CT molecular complexity index is 947. The van der Waals surface area contributed by atoms with Gasteiger partial charge in [-0.1, -0.05) is 12.1 Å². The Morgan fingerprint density at radius 3 is 2.41 bits per heavy atom. The largest absolute Gasteiger partial charge is 0.466 e. The van der Waals surface area contributed by atoms with Gasteiger partial charge in [-0.2, -0.15) is 0 Å². The second-order valence-electron chi connectivity index (χ2n) is 7.16. The molecule has 0 saturated carbocycles. The number of nitrogens with one attached hydrogen (secondary N) is 2. The van der Waals surface area contributed by atoms with Crippen molar-refractivity contribution in [3.05, 3.63) is 53.0 Å². The summed E-state index contributed by atoms with van der Waals surface area (Å²) < 4.78 is 28.1. The van der Waals surface area contributed by atoms with E-state index in [1.54, 1.807) is 19.1 Å². The lowest BCUT2D eigenvalue weighted by atomic mass is 9.96. The van der Waals surface area contributed by atoms with Crippen LogP contribution in [0.5, 0.6) is 0 Å². The van der Waals surface area contributed by atoms with E-state index in [1.165, 1.54) is 12.1 Å². The van der Waals surface area contributed by atoms with Gasteiger partial charge < -0.3 is 20.2 Å². The molecule has 5 N–H and O–H groups in total. The van der Waals surface area contributed by atoms with Crippen molar-refractivity contribution in [3.63, 3.8) is 0 Å². The molecular formula is C20H30N4O4S. The monoisotopic (exact) mass is 422 g/mol. The number of nitrogens with two attached hydrogens (primary N) is 1. The lowest BCUT2D eigenvalue weighted by molar-refractivity contribution is 0.0657. The summed E-state index contributed by atoms with van der Waals surface area (Å²) in [6.45, 7) is 8.79. The van der Waals surface area contributed by atoms with Gasteiger partial charge in [0.25, 0.3) is 0 Å². The summed E-state index contributed by atoms with van der Waals surface area (Å²) in [5.74, 6) is 2.02. The molecular weight excluding hydrogens is 392 g/mol. The number of hydrogen-bond donors (Lipinski definition) is 4. The minimum absolute atomic E-state index is 0.0936. The predicted octanol–water partition coefficient (Wildman–Crippen LogP) is 1.55. The number of aliphatic hydroxyl groups is 1. The third-order valence-corrected chi connectivity index (χ3v) is 5.40. The number of benzene rings is 1. The summed E-state index contributed by atoms with van der Waals surface area (Å²) >= 11 is 0. The minimum atomic E-state index is -3.68. The summed E-state index contributed by atoms with van der Waals surface area (Å²) in [7, 11) is -3.68. The van der Waals surface area contributed by atoms with Gasteiger partial charge in [0, 0.05) is 18.7 Å². The molecule has 2 rings (SSSR count). The number of nitrogens with zero attached hydrogens (tertiary/aromatic N) is 1.